The van der Waals surface area contributed by atoms with Crippen LogP contribution in [0.3, 0.4) is 0 Å². The van der Waals surface area contributed by atoms with Crippen LogP contribution >= 0.6 is 0 Å². The van der Waals surface area contributed by atoms with Crippen molar-refractivity contribution in [3.63, 3.8) is 0 Å². The van der Waals surface area contributed by atoms with E-state index >= 15 is 0 Å². The van der Waals surface area contributed by atoms with Crippen molar-refractivity contribution in [2.45, 2.75) is 6.04 Å². The van der Waals surface area contributed by atoms with E-state index in [1.54, 1.807) is 9.80 Å². The van der Waals surface area contributed by atoms with Gasteiger partial charge in [0.2, 0.25) is 0 Å². The molecule has 2 fully saturated rings. The Kier molecular flexibility index (Phi) is 2.85. The number of hydrogen-bond acceptors (Lipinski definition) is 4. The lowest BCUT2D eigenvalue weighted by atomic mass is 10.2. The summed E-state index contributed by atoms with van der Waals surface area (Å²) in [4.78, 5) is 37.7. The lowest BCUT2D eigenvalue weighted by molar-refractivity contribution is 0.0586. The van der Waals surface area contributed by atoms with Crippen LogP contribution in [0.25, 0.3) is 0 Å². The summed E-state index contributed by atoms with van der Waals surface area (Å²) in [6, 6.07) is 1.08. The molecule has 0 spiro atoms. The molecule has 3 heterocycles. The Morgan fingerprint density at radius 1 is 1.40 bits per heavy atom. The molecule has 0 saturated carbocycles. The Morgan fingerprint density at radius 3 is 2.90 bits per heavy atom. The SMILES string of the molecule is O=C(O)c1coc(C(=O)N2CCN3C(=O)NCC3C2)c1. The number of carbonyl (C=O) groups is 3. The zero-order valence-corrected chi connectivity index (χ0v) is 10.5. The minimum atomic E-state index is -1.14. The lowest BCUT2D eigenvalue weighted by Crippen LogP contribution is -2.53. The number of fused-ring (bicyclic) bond motifs is 1. The standard InChI is InChI=1S/C12H13N3O5/c16-10(9-3-7(6-20-9)11(17)18)14-1-2-15-8(5-14)4-13-12(15)19/h3,6,8H,1-2,4-5H2,(H,13,19)(H,17,18). The smallest absolute Gasteiger partial charge is 0.338 e. The first-order valence-corrected chi connectivity index (χ1v) is 6.22. The quantitative estimate of drug-likeness (QED) is 0.782. The number of urea groups is 1. The van der Waals surface area contributed by atoms with Gasteiger partial charge in [-0.05, 0) is 0 Å². The minimum absolute atomic E-state index is 0.00753. The molecule has 8 heteroatoms. The molecule has 3 amide bonds. The first-order valence-electron chi connectivity index (χ1n) is 6.22. The summed E-state index contributed by atoms with van der Waals surface area (Å²) in [7, 11) is 0. The average molecular weight is 279 g/mol. The van der Waals surface area contributed by atoms with Gasteiger partial charge in [-0.3, -0.25) is 4.79 Å². The normalized spacial score (nSPS) is 21.6. The van der Waals surface area contributed by atoms with Crippen LogP contribution in [0.1, 0.15) is 20.9 Å². The summed E-state index contributed by atoms with van der Waals surface area (Å²) in [5.41, 5.74) is -0.0512. The molecule has 2 aliphatic rings. The molecule has 2 aliphatic heterocycles. The first kappa shape index (κ1) is 12.5. The predicted molar refractivity (Wildman–Crippen MR) is 65.5 cm³/mol. The monoisotopic (exact) mass is 279 g/mol. The molecule has 0 bridgehead atoms. The second-order valence-corrected chi connectivity index (χ2v) is 4.79. The summed E-state index contributed by atoms with van der Waals surface area (Å²) >= 11 is 0. The molecule has 1 unspecified atom stereocenters. The van der Waals surface area contributed by atoms with E-state index in [9.17, 15) is 14.4 Å². The fourth-order valence-electron chi connectivity index (χ4n) is 2.50. The number of carboxylic acid groups (broad SMARTS) is 1. The van der Waals surface area contributed by atoms with Crippen molar-refractivity contribution < 1.29 is 23.9 Å². The molecule has 1 aromatic heterocycles. The molecule has 1 atom stereocenters. The van der Waals surface area contributed by atoms with Crippen LogP contribution in [0, 0.1) is 0 Å². The number of amides is 3. The van der Waals surface area contributed by atoms with E-state index in [-0.39, 0.29) is 29.3 Å². The van der Waals surface area contributed by atoms with Crippen LogP contribution in [0.4, 0.5) is 4.79 Å². The van der Waals surface area contributed by atoms with Gasteiger partial charge in [-0.25, -0.2) is 9.59 Å². The highest BCUT2D eigenvalue weighted by atomic mass is 16.4. The Balaban J connectivity index is 1.71. The van der Waals surface area contributed by atoms with E-state index in [1.807, 2.05) is 0 Å². The third-order valence-corrected chi connectivity index (χ3v) is 3.58. The van der Waals surface area contributed by atoms with Gasteiger partial charge in [0.15, 0.2) is 5.76 Å². The molecule has 2 N–H and O–H groups in total. The van der Waals surface area contributed by atoms with Gasteiger partial charge in [0, 0.05) is 32.2 Å². The summed E-state index contributed by atoms with van der Waals surface area (Å²) < 4.78 is 5.01. The van der Waals surface area contributed by atoms with E-state index in [0.717, 1.165) is 6.26 Å². The van der Waals surface area contributed by atoms with Crippen molar-refractivity contribution in [2.24, 2.45) is 0 Å². The molecule has 3 rings (SSSR count). The molecular formula is C12H13N3O5. The molecule has 0 aromatic carbocycles. The highest BCUT2D eigenvalue weighted by Crippen LogP contribution is 2.17. The maximum absolute atomic E-state index is 12.2. The van der Waals surface area contributed by atoms with Gasteiger partial charge in [0.25, 0.3) is 5.91 Å². The Hall–Kier alpha value is -2.51. The van der Waals surface area contributed by atoms with Gasteiger partial charge in [0.05, 0.1) is 11.6 Å². The summed E-state index contributed by atoms with van der Waals surface area (Å²) in [5, 5.41) is 11.5. The number of nitrogens with one attached hydrogen (secondary N) is 1. The van der Waals surface area contributed by atoms with Gasteiger partial charge in [-0.2, -0.15) is 0 Å². The minimum Gasteiger partial charge on any atom is -0.478 e. The van der Waals surface area contributed by atoms with E-state index in [4.69, 9.17) is 9.52 Å². The fraction of sp³-hybridized carbons (Fsp3) is 0.417. The van der Waals surface area contributed by atoms with E-state index in [1.165, 1.54) is 6.07 Å². The van der Waals surface area contributed by atoms with Crippen LogP contribution in [-0.4, -0.2) is 65.0 Å². The van der Waals surface area contributed by atoms with Crippen molar-refractivity contribution in [3.05, 3.63) is 23.7 Å². The number of carbonyl (C=O) groups excluding carboxylic acids is 2. The summed E-state index contributed by atoms with van der Waals surface area (Å²) in [5.74, 6) is -1.48. The lowest BCUT2D eigenvalue weighted by Gasteiger charge is -2.35. The highest BCUT2D eigenvalue weighted by molar-refractivity contribution is 5.95. The molecular weight excluding hydrogens is 266 g/mol. The second kappa shape index (κ2) is 4.55. The maximum atomic E-state index is 12.2. The molecule has 0 aliphatic carbocycles. The molecule has 8 nitrogen and oxygen atoms in total. The number of nitrogens with zero attached hydrogens (tertiary/aromatic N) is 2. The third kappa shape index (κ3) is 1.98. The van der Waals surface area contributed by atoms with Crippen molar-refractivity contribution >= 4 is 17.9 Å². The Labute approximate surface area is 113 Å². The maximum Gasteiger partial charge on any atom is 0.338 e. The van der Waals surface area contributed by atoms with E-state index in [2.05, 4.69) is 5.32 Å². The largest absolute Gasteiger partial charge is 0.478 e. The zero-order chi connectivity index (χ0) is 14.3. The van der Waals surface area contributed by atoms with Crippen LogP contribution < -0.4 is 5.32 Å². The fourth-order valence-corrected chi connectivity index (χ4v) is 2.50. The number of furan rings is 1. The van der Waals surface area contributed by atoms with Crippen LogP contribution in [0.15, 0.2) is 16.7 Å². The number of piperazine rings is 1. The van der Waals surface area contributed by atoms with Gasteiger partial charge < -0.3 is 24.6 Å². The second-order valence-electron chi connectivity index (χ2n) is 4.79. The highest BCUT2D eigenvalue weighted by Gasteiger charge is 2.37. The molecule has 20 heavy (non-hydrogen) atoms. The Bertz CT molecular complexity index is 581. The molecule has 2 saturated heterocycles. The summed E-state index contributed by atoms with van der Waals surface area (Å²) in [6.45, 7) is 1.81. The molecule has 0 radical (unpaired) electrons. The van der Waals surface area contributed by atoms with Gasteiger partial charge >= 0.3 is 12.0 Å². The summed E-state index contributed by atoms with van der Waals surface area (Å²) in [6.07, 6.45) is 1.05. The van der Waals surface area contributed by atoms with Crippen LogP contribution in [-0.2, 0) is 0 Å². The number of rotatable bonds is 2. The van der Waals surface area contributed by atoms with Gasteiger partial charge in [0.1, 0.15) is 6.26 Å². The van der Waals surface area contributed by atoms with E-state index < -0.39 is 5.97 Å². The Morgan fingerprint density at radius 2 is 2.20 bits per heavy atom. The number of aromatic carboxylic acids is 1. The van der Waals surface area contributed by atoms with Crippen LogP contribution in [0.2, 0.25) is 0 Å². The number of carboxylic acids is 1. The van der Waals surface area contributed by atoms with E-state index in [0.29, 0.717) is 26.2 Å². The van der Waals surface area contributed by atoms with Gasteiger partial charge in [-0.15, -0.1) is 0 Å². The van der Waals surface area contributed by atoms with Crippen molar-refractivity contribution in [1.82, 2.24) is 15.1 Å². The zero-order valence-electron chi connectivity index (χ0n) is 10.5. The first-order chi connectivity index (χ1) is 9.56. The average Bonchev–Trinajstić information content (AvgIpc) is 3.05. The molecule has 1 aromatic rings. The predicted octanol–water partition coefficient (Wildman–Crippen LogP) is -0.173. The third-order valence-electron chi connectivity index (χ3n) is 3.58. The van der Waals surface area contributed by atoms with Gasteiger partial charge in [-0.1, -0.05) is 0 Å². The molecule has 106 valence electrons. The number of hydrogen-bond donors (Lipinski definition) is 2. The van der Waals surface area contributed by atoms with Crippen molar-refractivity contribution in [3.8, 4) is 0 Å². The van der Waals surface area contributed by atoms with Crippen molar-refractivity contribution in [1.29, 1.82) is 0 Å². The van der Waals surface area contributed by atoms with Crippen LogP contribution in [0.5, 0.6) is 0 Å². The topological polar surface area (TPSA) is 103 Å². The van der Waals surface area contributed by atoms with Crippen molar-refractivity contribution in [2.75, 3.05) is 26.2 Å².